The minimum Gasteiger partial charge on any atom is -0.457 e. The molecule has 0 saturated carbocycles. The van der Waals surface area contributed by atoms with Crippen molar-refractivity contribution in [2.45, 2.75) is 36.8 Å². The first-order valence-corrected chi connectivity index (χ1v) is 13.5. The van der Waals surface area contributed by atoms with Crippen LogP contribution in [0.4, 0.5) is 4.79 Å². The molecule has 3 fully saturated rings. The smallest absolute Gasteiger partial charge is 0.322 e. The molecule has 4 aliphatic heterocycles. The van der Waals surface area contributed by atoms with E-state index in [0.29, 0.717) is 11.4 Å². The van der Waals surface area contributed by atoms with Crippen LogP contribution in [-0.2, 0) is 11.3 Å². The maximum Gasteiger partial charge on any atom is 0.322 e. The van der Waals surface area contributed by atoms with Gasteiger partial charge in [0.2, 0.25) is 0 Å². The molecule has 3 N–H and O–H groups in total. The Labute approximate surface area is 215 Å². The number of rotatable bonds is 6. The van der Waals surface area contributed by atoms with Crippen molar-refractivity contribution < 1.29 is 14.3 Å². The number of para-hydroxylation sites is 1. The summed E-state index contributed by atoms with van der Waals surface area (Å²) < 4.78 is 5.90. The number of thioether (sulfide) groups is 1. The van der Waals surface area contributed by atoms with Gasteiger partial charge in [-0.2, -0.15) is 0 Å². The minimum atomic E-state index is -0.134. The Hall–Kier alpha value is -3.01. The van der Waals surface area contributed by atoms with Gasteiger partial charge in [0.15, 0.2) is 0 Å². The molecule has 6 rings (SSSR count). The fraction of sp³-hybridized carbons (Fsp3) is 0.407. The summed E-state index contributed by atoms with van der Waals surface area (Å²) >= 11 is 1.56. The number of nitrogens with zero attached hydrogens (tertiary/aromatic N) is 2. The molecule has 2 aromatic rings. The van der Waals surface area contributed by atoms with Crippen molar-refractivity contribution in [3.63, 3.8) is 0 Å². The van der Waals surface area contributed by atoms with Crippen LogP contribution >= 0.6 is 11.8 Å². The van der Waals surface area contributed by atoms with Crippen molar-refractivity contribution >= 4 is 23.7 Å². The average Bonchev–Trinajstić information content (AvgIpc) is 3.47. The van der Waals surface area contributed by atoms with Crippen molar-refractivity contribution in [3.8, 4) is 11.5 Å². The van der Waals surface area contributed by atoms with Gasteiger partial charge in [0, 0.05) is 36.8 Å². The van der Waals surface area contributed by atoms with Crippen LogP contribution in [0.25, 0.3) is 0 Å². The molecule has 0 bridgehead atoms. The summed E-state index contributed by atoms with van der Waals surface area (Å²) in [5.74, 6) is 1.57. The molecular weight excluding hydrogens is 474 g/mol. The summed E-state index contributed by atoms with van der Waals surface area (Å²) in [6, 6.07) is 17.7. The van der Waals surface area contributed by atoms with Crippen LogP contribution in [0.2, 0.25) is 0 Å². The second-order valence-corrected chi connectivity index (χ2v) is 11.1. The molecular formula is C27H31N5O3S. The molecule has 4 atom stereocenters. The zero-order valence-electron chi connectivity index (χ0n) is 20.3. The molecule has 3 unspecified atom stereocenters. The van der Waals surface area contributed by atoms with E-state index < -0.39 is 0 Å². The second kappa shape index (κ2) is 9.80. The van der Waals surface area contributed by atoms with Crippen molar-refractivity contribution in [2.75, 3.05) is 26.7 Å². The largest absolute Gasteiger partial charge is 0.457 e. The van der Waals surface area contributed by atoms with Crippen molar-refractivity contribution in [1.82, 2.24) is 25.8 Å². The SMILES string of the molecule is CN1CC[C@@H](NC(=O)C2=C3NC(=O)N(Cc4ccc(Oc5ccccc5)cc4)C4CCNC(S2)C34)C1. The Morgan fingerprint density at radius 1 is 1.11 bits per heavy atom. The molecule has 8 nitrogen and oxygen atoms in total. The number of benzene rings is 2. The van der Waals surface area contributed by atoms with Gasteiger partial charge in [0.25, 0.3) is 5.91 Å². The van der Waals surface area contributed by atoms with Gasteiger partial charge in [-0.1, -0.05) is 42.1 Å². The second-order valence-electron chi connectivity index (χ2n) is 9.96. The van der Waals surface area contributed by atoms with Gasteiger partial charge in [-0.15, -0.1) is 0 Å². The molecule has 3 amide bonds. The van der Waals surface area contributed by atoms with E-state index >= 15 is 0 Å². The van der Waals surface area contributed by atoms with Crippen molar-refractivity contribution in [1.29, 1.82) is 0 Å². The molecule has 0 aliphatic carbocycles. The third-order valence-electron chi connectivity index (χ3n) is 7.44. The van der Waals surface area contributed by atoms with Crippen molar-refractivity contribution in [3.05, 3.63) is 70.8 Å². The van der Waals surface area contributed by atoms with Gasteiger partial charge >= 0.3 is 6.03 Å². The predicted octanol–water partition coefficient (Wildman–Crippen LogP) is 3.09. The monoisotopic (exact) mass is 505 g/mol. The van der Waals surface area contributed by atoms with Crippen LogP contribution in [0.5, 0.6) is 11.5 Å². The van der Waals surface area contributed by atoms with Gasteiger partial charge in [0.05, 0.1) is 10.3 Å². The summed E-state index contributed by atoms with van der Waals surface area (Å²) in [6.07, 6.45) is 1.81. The summed E-state index contributed by atoms with van der Waals surface area (Å²) in [7, 11) is 2.07. The lowest BCUT2D eigenvalue weighted by Gasteiger charge is -2.46. The number of carbonyl (C=O) groups is 2. The number of ether oxygens (including phenoxy) is 1. The lowest BCUT2D eigenvalue weighted by molar-refractivity contribution is -0.117. The molecule has 0 aromatic heterocycles. The fourth-order valence-electron chi connectivity index (χ4n) is 5.66. The first kappa shape index (κ1) is 23.4. The highest BCUT2D eigenvalue weighted by Crippen LogP contribution is 2.47. The Kier molecular flexibility index (Phi) is 6.37. The number of hydrogen-bond acceptors (Lipinski definition) is 6. The molecule has 36 heavy (non-hydrogen) atoms. The van der Waals surface area contributed by atoms with Crippen LogP contribution < -0.4 is 20.7 Å². The van der Waals surface area contributed by atoms with Gasteiger partial charge < -0.3 is 30.5 Å². The number of carbonyl (C=O) groups excluding carboxylic acids is 2. The first-order chi connectivity index (χ1) is 17.5. The normalized spacial score (nSPS) is 27.6. The highest BCUT2D eigenvalue weighted by molar-refractivity contribution is 8.04. The summed E-state index contributed by atoms with van der Waals surface area (Å²) in [4.78, 5) is 31.3. The Morgan fingerprint density at radius 2 is 1.89 bits per heavy atom. The number of likely N-dealkylation sites (tertiary alicyclic amines) is 1. The van der Waals surface area contributed by atoms with E-state index in [4.69, 9.17) is 4.74 Å². The summed E-state index contributed by atoms with van der Waals surface area (Å²) in [6.45, 7) is 3.19. The van der Waals surface area contributed by atoms with Gasteiger partial charge in [0.1, 0.15) is 11.5 Å². The molecule has 4 aliphatic rings. The third kappa shape index (κ3) is 4.58. The first-order valence-electron chi connectivity index (χ1n) is 12.6. The minimum absolute atomic E-state index is 0.0515. The molecule has 3 saturated heterocycles. The molecule has 4 heterocycles. The zero-order chi connectivity index (χ0) is 24.6. The van der Waals surface area contributed by atoms with E-state index in [0.717, 1.165) is 55.2 Å². The quantitative estimate of drug-likeness (QED) is 0.560. The maximum atomic E-state index is 13.3. The van der Waals surface area contributed by atoms with Crippen LogP contribution in [0.15, 0.2) is 65.2 Å². The molecule has 2 aromatic carbocycles. The number of piperidine rings is 1. The standard InChI is InChI=1S/C27H31N5O3S/c1-31-14-12-18(16-31)29-25(33)24-23-22-21(11-13-28-26(22)36-24)32(27(34)30-23)15-17-7-9-20(10-8-17)35-19-5-3-2-4-6-19/h2-10,18,21-22,26,28H,11-16H2,1H3,(H,29,33)(H,30,34)/t18-,21?,22?,26?/m1/s1. The van der Waals surface area contributed by atoms with Gasteiger partial charge in [-0.25, -0.2) is 4.79 Å². The topological polar surface area (TPSA) is 85.9 Å². The molecule has 0 radical (unpaired) electrons. The lowest BCUT2D eigenvalue weighted by atomic mass is 9.86. The van der Waals surface area contributed by atoms with Gasteiger partial charge in [-0.05, 0) is 62.8 Å². The summed E-state index contributed by atoms with van der Waals surface area (Å²) in [5.41, 5.74) is 1.83. The Balaban J connectivity index is 1.17. The van der Waals surface area contributed by atoms with E-state index in [2.05, 4.69) is 27.9 Å². The average molecular weight is 506 g/mol. The molecule has 9 heteroatoms. The fourth-order valence-corrected chi connectivity index (χ4v) is 7.06. The lowest BCUT2D eigenvalue weighted by Crippen LogP contribution is -2.61. The van der Waals surface area contributed by atoms with Crippen LogP contribution in [-0.4, -0.2) is 65.9 Å². The van der Waals surface area contributed by atoms with E-state index in [-0.39, 0.29) is 35.3 Å². The van der Waals surface area contributed by atoms with E-state index in [1.807, 2.05) is 59.5 Å². The zero-order valence-corrected chi connectivity index (χ0v) is 21.1. The Bertz CT molecular complexity index is 1170. The highest BCUT2D eigenvalue weighted by Gasteiger charge is 2.51. The number of likely N-dealkylation sites (N-methyl/N-ethyl adjacent to an activating group) is 1. The van der Waals surface area contributed by atoms with Crippen LogP contribution in [0.1, 0.15) is 18.4 Å². The predicted molar refractivity (Wildman–Crippen MR) is 139 cm³/mol. The van der Waals surface area contributed by atoms with Gasteiger partial charge in [-0.3, -0.25) is 4.79 Å². The molecule has 0 spiro atoms. The molecule has 188 valence electrons. The van der Waals surface area contributed by atoms with E-state index in [1.165, 1.54) is 0 Å². The number of nitrogens with one attached hydrogen (secondary N) is 3. The maximum absolute atomic E-state index is 13.3. The van der Waals surface area contributed by atoms with Crippen LogP contribution in [0.3, 0.4) is 0 Å². The number of amides is 3. The third-order valence-corrected chi connectivity index (χ3v) is 8.79. The number of urea groups is 1. The van der Waals surface area contributed by atoms with E-state index in [9.17, 15) is 9.59 Å². The summed E-state index contributed by atoms with van der Waals surface area (Å²) in [5, 5.41) is 9.94. The highest BCUT2D eigenvalue weighted by atomic mass is 32.2. The van der Waals surface area contributed by atoms with Crippen LogP contribution in [0, 0.1) is 5.92 Å². The number of hydrogen-bond donors (Lipinski definition) is 3. The van der Waals surface area contributed by atoms with Crippen molar-refractivity contribution in [2.24, 2.45) is 5.92 Å². The Morgan fingerprint density at radius 3 is 2.64 bits per heavy atom. The van der Waals surface area contributed by atoms with E-state index in [1.54, 1.807) is 11.8 Å².